The Morgan fingerprint density at radius 3 is 2.64 bits per heavy atom. The molecule has 152 valence electrons. The molecule has 0 spiro atoms. The predicted octanol–water partition coefficient (Wildman–Crippen LogP) is 4.00. The molecule has 1 aliphatic heterocycles. The third kappa shape index (κ3) is 6.38. The monoisotopic (exact) mass is 495 g/mol. The maximum atomic E-state index is 5.71. The number of hydrogen-bond acceptors (Lipinski definition) is 3. The number of aliphatic imine (C=N–C) groups is 1. The van der Waals surface area contributed by atoms with Crippen molar-refractivity contribution in [1.82, 2.24) is 10.6 Å². The van der Waals surface area contributed by atoms with Gasteiger partial charge < -0.3 is 20.1 Å². The quantitative estimate of drug-likeness (QED) is 0.264. The summed E-state index contributed by atoms with van der Waals surface area (Å²) >= 11 is 0. The van der Waals surface area contributed by atoms with Gasteiger partial charge >= 0.3 is 0 Å². The fourth-order valence-corrected chi connectivity index (χ4v) is 3.18. The summed E-state index contributed by atoms with van der Waals surface area (Å²) in [6, 6.07) is 15.2. The minimum atomic E-state index is 0. The number of hydrogen-bond donors (Lipinski definition) is 2. The minimum absolute atomic E-state index is 0. The van der Waals surface area contributed by atoms with Gasteiger partial charge in [0.2, 0.25) is 0 Å². The van der Waals surface area contributed by atoms with E-state index in [9.17, 15) is 0 Å². The van der Waals surface area contributed by atoms with Gasteiger partial charge in [-0.2, -0.15) is 0 Å². The summed E-state index contributed by atoms with van der Waals surface area (Å²) in [6.45, 7) is 3.16. The highest BCUT2D eigenvalue weighted by atomic mass is 127. The number of guanidine groups is 1. The second-order valence-electron chi connectivity index (χ2n) is 6.67. The van der Waals surface area contributed by atoms with Crippen molar-refractivity contribution in [1.29, 1.82) is 0 Å². The first-order chi connectivity index (χ1) is 13.3. The number of ether oxygens (including phenoxy) is 2. The number of benzene rings is 2. The number of nitrogens with one attached hydrogen (secondary N) is 2. The van der Waals surface area contributed by atoms with E-state index in [0.29, 0.717) is 0 Å². The average molecular weight is 495 g/mol. The highest BCUT2D eigenvalue weighted by Gasteiger charge is 2.11. The van der Waals surface area contributed by atoms with Crippen LogP contribution in [0.25, 0.3) is 11.1 Å². The van der Waals surface area contributed by atoms with Gasteiger partial charge in [-0.1, -0.05) is 30.3 Å². The first-order valence-electron chi connectivity index (χ1n) is 9.58. The van der Waals surface area contributed by atoms with Crippen LogP contribution in [-0.4, -0.2) is 39.9 Å². The summed E-state index contributed by atoms with van der Waals surface area (Å²) in [5, 5.41) is 6.63. The summed E-state index contributed by atoms with van der Waals surface area (Å²) in [5.41, 5.74) is 5.01. The van der Waals surface area contributed by atoms with Gasteiger partial charge in [-0.05, 0) is 53.6 Å². The largest absolute Gasteiger partial charge is 0.493 e. The summed E-state index contributed by atoms with van der Waals surface area (Å²) in [7, 11) is 3.50. The van der Waals surface area contributed by atoms with Crippen molar-refractivity contribution in [2.45, 2.75) is 25.8 Å². The fraction of sp³-hybridized carbons (Fsp3) is 0.409. The van der Waals surface area contributed by atoms with Crippen LogP contribution in [0.5, 0.6) is 5.75 Å². The lowest BCUT2D eigenvalue weighted by molar-refractivity contribution is 0.195. The van der Waals surface area contributed by atoms with Gasteiger partial charge in [0.15, 0.2) is 5.96 Å². The lowest BCUT2D eigenvalue weighted by atomic mass is 9.98. The van der Waals surface area contributed by atoms with Crippen molar-refractivity contribution in [2.24, 2.45) is 4.99 Å². The molecule has 1 heterocycles. The molecule has 0 saturated heterocycles. The van der Waals surface area contributed by atoms with E-state index in [1.54, 1.807) is 14.2 Å². The SMILES string of the molecule is CN=C(NCCCOC)NCc1ccc(-c2ccc3c(c2)CCCO3)cc1.I. The lowest BCUT2D eigenvalue weighted by Gasteiger charge is -2.18. The maximum Gasteiger partial charge on any atom is 0.191 e. The van der Waals surface area contributed by atoms with E-state index in [2.05, 4.69) is 58.1 Å². The fourth-order valence-electron chi connectivity index (χ4n) is 3.18. The van der Waals surface area contributed by atoms with Crippen molar-refractivity contribution in [3.63, 3.8) is 0 Å². The maximum absolute atomic E-state index is 5.71. The van der Waals surface area contributed by atoms with Crippen LogP contribution in [0.2, 0.25) is 0 Å². The van der Waals surface area contributed by atoms with Gasteiger partial charge in [-0.25, -0.2) is 0 Å². The molecule has 0 aliphatic carbocycles. The van der Waals surface area contributed by atoms with E-state index in [4.69, 9.17) is 9.47 Å². The van der Waals surface area contributed by atoms with Crippen molar-refractivity contribution in [3.8, 4) is 16.9 Å². The van der Waals surface area contributed by atoms with E-state index >= 15 is 0 Å². The Labute approximate surface area is 184 Å². The number of rotatable bonds is 7. The molecule has 2 aromatic carbocycles. The van der Waals surface area contributed by atoms with Crippen LogP contribution in [-0.2, 0) is 17.7 Å². The molecule has 0 bridgehead atoms. The van der Waals surface area contributed by atoms with Crippen LogP contribution < -0.4 is 15.4 Å². The molecule has 0 radical (unpaired) electrons. The van der Waals surface area contributed by atoms with Gasteiger partial charge in [-0.15, -0.1) is 24.0 Å². The summed E-state index contributed by atoms with van der Waals surface area (Å²) < 4.78 is 10.8. The zero-order chi connectivity index (χ0) is 18.9. The van der Waals surface area contributed by atoms with Crippen molar-refractivity contribution in [3.05, 3.63) is 53.6 Å². The molecular weight excluding hydrogens is 465 g/mol. The Morgan fingerprint density at radius 2 is 1.89 bits per heavy atom. The number of methoxy groups -OCH3 is 1. The Bertz CT molecular complexity index is 763. The number of halogens is 1. The third-order valence-corrected chi connectivity index (χ3v) is 4.70. The third-order valence-electron chi connectivity index (χ3n) is 4.70. The predicted molar refractivity (Wildman–Crippen MR) is 126 cm³/mol. The van der Waals surface area contributed by atoms with Crippen molar-refractivity contribution < 1.29 is 9.47 Å². The smallest absolute Gasteiger partial charge is 0.191 e. The first-order valence-corrected chi connectivity index (χ1v) is 9.58. The molecule has 6 heteroatoms. The van der Waals surface area contributed by atoms with E-state index in [0.717, 1.165) is 57.3 Å². The molecule has 0 aromatic heterocycles. The van der Waals surface area contributed by atoms with Crippen LogP contribution in [0.1, 0.15) is 24.0 Å². The molecule has 2 N–H and O–H groups in total. The molecule has 0 saturated carbocycles. The second-order valence-corrected chi connectivity index (χ2v) is 6.67. The normalized spacial score (nSPS) is 13.1. The molecule has 0 amide bonds. The summed E-state index contributed by atoms with van der Waals surface area (Å²) in [4.78, 5) is 4.25. The van der Waals surface area contributed by atoms with Crippen molar-refractivity contribution >= 4 is 29.9 Å². The van der Waals surface area contributed by atoms with Gasteiger partial charge in [0.05, 0.1) is 6.61 Å². The van der Waals surface area contributed by atoms with E-state index < -0.39 is 0 Å². The zero-order valence-electron chi connectivity index (χ0n) is 16.7. The van der Waals surface area contributed by atoms with E-state index in [1.807, 2.05) is 0 Å². The van der Waals surface area contributed by atoms with Gasteiger partial charge in [0, 0.05) is 33.9 Å². The minimum Gasteiger partial charge on any atom is -0.493 e. The van der Waals surface area contributed by atoms with Crippen LogP contribution in [0.3, 0.4) is 0 Å². The molecule has 1 aliphatic rings. The highest BCUT2D eigenvalue weighted by molar-refractivity contribution is 14.0. The molecule has 2 aromatic rings. The first kappa shape index (κ1) is 22.5. The Morgan fingerprint density at radius 1 is 1.11 bits per heavy atom. The average Bonchev–Trinajstić information content (AvgIpc) is 2.73. The molecule has 0 unspecified atom stereocenters. The van der Waals surface area contributed by atoms with E-state index in [-0.39, 0.29) is 24.0 Å². The molecule has 5 nitrogen and oxygen atoms in total. The van der Waals surface area contributed by atoms with Gasteiger partial charge in [-0.3, -0.25) is 4.99 Å². The summed E-state index contributed by atoms with van der Waals surface area (Å²) in [5.74, 6) is 1.85. The molecule has 0 fully saturated rings. The van der Waals surface area contributed by atoms with Crippen LogP contribution in [0.15, 0.2) is 47.5 Å². The van der Waals surface area contributed by atoms with Crippen molar-refractivity contribution in [2.75, 3.05) is 33.9 Å². The standard InChI is InChI=1S/C22H29N3O2.HI/c1-23-22(24-12-4-13-26-2)25-16-17-6-8-18(9-7-17)19-10-11-21-20(15-19)5-3-14-27-21;/h6-11,15H,3-5,12-14,16H2,1-2H3,(H2,23,24,25);1H. The number of fused-ring (bicyclic) bond motifs is 1. The summed E-state index contributed by atoms with van der Waals surface area (Å²) in [6.07, 6.45) is 3.15. The van der Waals surface area contributed by atoms with Gasteiger partial charge in [0.25, 0.3) is 0 Å². The topological polar surface area (TPSA) is 54.9 Å². The molecule has 28 heavy (non-hydrogen) atoms. The number of nitrogens with zero attached hydrogens (tertiary/aromatic N) is 1. The highest BCUT2D eigenvalue weighted by Crippen LogP contribution is 2.30. The second kappa shape index (κ2) is 11.9. The lowest BCUT2D eigenvalue weighted by Crippen LogP contribution is -2.37. The zero-order valence-corrected chi connectivity index (χ0v) is 19.0. The van der Waals surface area contributed by atoms with E-state index in [1.165, 1.54) is 22.3 Å². The number of aryl methyl sites for hydroxylation is 1. The van der Waals surface area contributed by atoms with Gasteiger partial charge in [0.1, 0.15) is 5.75 Å². The molecule has 3 rings (SSSR count). The Kier molecular flexibility index (Phi) is 9.57. The molecule has 0 atom stereocenters. The van der Waals surface area contributed by atoms with Crippen LogP contribution in [0.4, 0.5) is 0 Å². The molecular formula is C22H30IN3O2. The van der Waals surface area contributed by atoms with Crippen LogP contribution >= 0.6 is 24.0 Å². The Balaban J connectivity index is 0.00000280. The Hall–Kier alpha value is -1.80. The van der Waals surface area contributed by atoms with Crippen LogP contribution in [0, 0.1) is 0 Å².